The van der Waals surface area contributed by atoms with Crippen molar-refractivity contribution in [3.05, 3.63) is 137 Å². The van der Waals surface area contributed by atoms with Gasteiger partial charge in [0.1, 0.15) is 24.5 Å². The highest BCUT2D eigenvalue weighted by Gasteiger charge is 2.37. The average Bonchev–Trinajstić information content (AvgIpc) is 3.11. The highest BCUT2D eigenvalue weighted by Crippen LogP contribution is 2.31. The lowest BCUT2D eigenvalue weighted by Gasteiger charge is -2.43. The maximum absolute atomic E-state index is 13.1. The van der Waals surface area contributed by atoms with Crippen LogP contribution in [0.3, 0.4) is 0 Å². The number of aliphatic carboxylic acids is 1. The predicted octanol–water partition coefficient (Wildman–Crippen LogP) is 5.60. The fraction of sp³-hybridized carbons (Fsp3) is 0.289. The molecule has 0 spiro atoms. The number of nitrogens with zero attached hydrogens (tertiary/aromatic N) is 1. The minimum Gasteiger partial charge on any atom is -0.489 e. The lowest BCUT2D eigenvalue weighted by Crippen LogP contribution is -2.52. The number of carbonyl (C=O) groups is 3. The molecule has 9 heteroatoms. The molecule has 4 aromatic rings. The van der Waals surface area contributed by atoms with Crippen molar-refractivity contribution in [3.8, 4) is 5.75 Å². The minimum absolute atomic E-state index is 0.0889. The molecule has 3 aliphatic heterocycles. The van der Waals surface area contributed by atoms with Gasteiger partial charge in [0.2, 0.25) is 0 Å². The highest BCUT2D eigenvalue weighted by atomic mass is 16.6. The molecule has 242 valence electrons. The van der Waals surface area contributed by atoms with Gasteiger partial charge in [0, 0.05) is 18.5 Å². The topological polar surface area (TPSA) is 117 Å². The summed E-state index contributed by atoms with van der Waals surface area (Å²) in [5.41, 5.74) is 3.81. The first kappa shape index (κ1) is 31.8. The second-order valence-corrected chi connectivity index (χ2v) is 12.2. The maximum Gasteiger partial charge on any atom is 0.408 e. The van der Waals surface area contributed by atoms with Crippen LogP contribution in [0.5, 0.6) is 5.75 Å². The van der Waals surface area contributed by atoms with Crippen LogP contribution in [0.25, 0.3) is 0 Å². The number of hydrogen-bond donors (Lipinski definition) is 3. The summed E-state index contributed by atoms with van der Waals surface area (Å²) in [5, 5.41) is 15.4. The second-order valence-electron chi connectivity index (χ2n) is 12.2. The number of rotatable bonds is 12. The summed E-state index contributed by atoms with van der Waals surface area (Å²) in [7, 11) is 0. The molecule has 2 amide bonds. The molecule has 3 atom stereocenters. The van der Waals surface area contributed by atoms with Crippen molar-refractivity contribution >= 4 is 18.0 Å². The third kappa shape index (κ3) is 8.37. The third-order valence-corrected chi connectivity index (χ3v) is 8.95. The lowest BCUT2D eigenvalue weighted by atomic mass is 9.86. The van der Waals surface area contributed by atoms with Crippen molar-refractivity contribution < 1.29 is 29.0 Å². The predicted molar refractivity (Wildman–Crippen MR) is 177 cm³/mol. The van der Waals surface area contributed by atoms with Gasteiger partial charge in [0.15, 0.2) is 0 Å². The quantitative estimate of drug-likeness (QED) is 0.186. The van der Waals surface area contributed by atoms with E-state index in [0.29, 0.717) is 17.2 Å². The van der Waals surface area contributed by atoms with E-state index in [-0.39, 0.29) is 19.1 Å². The van der Waals surface area contributed by atoms with E-state index in [1.54, 1.807) is 24.3 Å². The molecule has 3 N–H and O–H groups in total. The molecule has 47 heavy (non-hydrogen) atoms. The molecule has 0 aliphatic carbocycles. The summed E-state index contributed by atoms with van der Waals surface area (Å²) in [6, 6.07) is 32.0. The Balaban J connectivity index is 1.07. The Morgan fingerprint density at radius 3 is 2.13 bits per heavy atom. The van der Waals surface area contributed by atoms with E-state index in [0.717, 1.165) is 54.7 Å². The SMILES string of the molecule is O=C(NC(c1ccccc1)c1cccc(OCc2ccc(C(=O)NC(Cc3ccccc3)C(=O)O)cc2)c1)O[C@H]1CN2CCC1CC2. The first-order valence-electron chi connectivity index (χ1n) is 16.0. The van der Waals surface area contributed by atoms with Crippen LogP contribution in [-0.2, 0) is 22.6 Å². The molecular formula is C38H39N3O6. The molecule has 2 unspecified atom stereocenters. The van der Waals surface area contributed by atoms with Crippen LogP contribution >= 0.6 is 0 Å². The van der Waals surface area contributed by atoms with Gasteiger partial charge in [-0.2, -0.15) is 0 Å². The largest absolute Gasteiger partial charge is 0.489 e. The van der Waals surface area contributed by atoms with Crippen molar-refractivity contribution in [1.29, 1.82) is 0 Å². The van der Waals surface area contributed by atoms with Gasteiger partial charge in [-0.3, -0.25) is 9.69 Å². The van der Waals surface area contributed by atoms with E-state index in [2.05, 4.69) is 15.5 Å². The Bertz CT molecular complexity index is 1660. The van der Waals surface area contributed by atoms with Gasteiger partial charge in [0.25, 0.3) is 5.91 Å². The Kier molecular flexibility index (Phi) is 10.1. The third-order valence-electron chi connectivity index (χ3n) is 8.95. The van der Waals surface area contributed by atoms with Gasteiger partial charge in [0.05, 0.1) is 6.04 Å². The van der Waals surface area contributed by atoms with Gasteiger partial charge in [-0.1, -0.05) is 84.9 Å². The Morgan fingerprint density at radius 2 is 1.47 bits per heavy atom. The number of fused-ring (bicyclic) bond motifs is 3. The summed E-state index contributed by atoms with van der Waals surface area (Å²) in [6.07, 6.45) is 1.80. The van der Waals surface area contributed by atoms with Crippen molar-refractivity contribution in [1.82, 2.24) is 15.5 Å². The molecular weight excluding hydrogens is 594 g/mol. The molecule has 3 fully saturated rings. The summed E-state index contributed by atoms with van der Waals surface area (Å²) < 4.78 is 12.1. The van der Waals surface area contributed by atoms with E-state index in [4.69, 9.17) is 9.47 Å². The average molecular weight is 634 g/mol. The van der Waals surface area contributed by atoms with Gasteiger partial charge in [-0.05, 0) is 78.4 Å². The molecule has 3 saturated heterocycles. The fourth-order valence-corrected chi connectivity index (χ4v) is 6.33. The Morgan fingerprint density at radius 1 is 0.787 bits per heavy atom. The van der Waals surface area contributed by atoms with Crippen LogP contribution in [0.4, 0.5) is 4.79 Å². The molecule has 3 aliphatic rings. The number of nitrogens with one attached hydrogen (secondary N) is 2. The standard InChI is InChI=1S/C38H39N3O6/c42-36(39-33(37(43)44)22-26-8-3-1-4-9-26)30-16-14-27(15-17-30)25-46-32-13-7-12-31(23-32)35(29-10-5-2-6-11-29)40-38(45)47-34-24-41-20-18-28(34)19-21-41/h1-17,23,28,33-35H,18-22,24-25H2,(H,39,42)(H,40,45)(H,43,44)/t33?,34-,35?/m0/s1. The van der Waals surface area contributed by atoms with Gasteiger partial charge < -0.3 is 25.2 Å². The maximum atomic E-state index is 13.1. The van der Waals surface area contributed by atoms with Crippen LogP contribution in [-0.4, -0.2) is 59.8 Å². The normalized spacial score (nSPS) is 19.6. The van der Waals surface area contributed by atoms with Gasteiger partial charge in [-0.25, -0.2) is 9.59 Å². The molecule has 9 nitrogen and oxygen atoms in total. The van der Waals surface area contributed by atoms with E-state index >= 15 is 0 Å². The number of ether oxygens (including phenoxy) is 2. The van der Waals surface area contributed by atoms with Crippen molar-refractivity contribution in [2.45, 2.75) is 44.1 Å². The van der Waals surface area contributed by atoms with Crippen LogP contribution in [0.2, 0.25) is 0 Å². The van der Waals surface area contributed by atoms with Crippen LogP contribution in [0, 0.1) is 5.92 Å². The van der Waals surface area contributed by atoms with E-state index in [9.17, 15) is 19.5 Å². The van der Waals surface area contributed by atoms with E-state index in [1.165, 1.54) is 0 Å². The minimum atomic E-state index is -1.09. The number of carbonyl (C=O) groups excluding carboxylic acids is 2. The number of benzene rings is 4. The van der Waals surface area contributed by atoms with Gasteiger partial charge in [-0.15, -0.1) is 0 Å². The Labute approximate surface area is 274 Å². The smallest absolute Gasteiger partial charge is 0.408 e. The second kappa shape index (κ2) is 15.0. The molecule has 0 aromatic heterocycles. The van der Waals surface area contributed by atoms with Gasteiger partial charge >= 0.3 is 12.1 Å². The van der Waals surface area contributed by atoms with Crippen LogP contribution in [0.15, 0.2) is 109 Å². The first-order valence-corrected chi connectivity index (χ1v) is 16.0. The molecule has 0 radical (unpaired) electrons. The molecule has 7 rings (SSSR count). The summed E-state index contributed by atoms with van der Waals surface area (Å²) in [5.74, 6) is -0.504. The molecule has 0 saturated carbocycles. The van der Waals surface area contributed by atoms with Crippen molar-refractivity contribution in [2.24, 2.45) is 5.92 Å². The van der Waals surface area contributed by atoms with Crippen LogP contribution in [0.1, 0.15) is 51.5 Å². The highest BCUT2D eigenvalue weighted by molar-refractivity contribution is 5.96. The summed E-state index contributed by atoms with van der Waals surface area (Å²) in [4.78, 5) is 40.1. The lowest BCUT2D eigenvalue weighted by molar-refractivity contribution is -0.139. The number of carboxylic acids is 1. The fourth-order valence-electron chi connectivity index (χ4n) is 6.33. The molecule has 4 aromatic carbocycles. The number of amides is 2. The number of piperidine rings is 3. The zero-order valence-corrected chi connectivity index (χ0v) is 26.1. The van der Waals surface area contributed by atoms with E-state index < -0.39 is 30.1 Å². The summed E-state index contributed by atoms with van der Waals surface area (Å²) >= 11 is 0. The van der Waals surface area contributed by atoms with Crippen molar-refractivity contribution in [3.63, 3.8) is 0 Å². The summed E-state index contributed by atoms with van der Waals surface area (Å²) in [6.45, 7) is 3.20. The Hall–Kier alpha value is -5.15. The molecule has 3 heterocycles. The number of hydrogen-bond acceptors (Lipinski definition) is 6. The van der Waals surface area contributed by atoms with E-state index in [1.807, 2.05) is 84.9 Å². The van der Waals surface area contributed by atoms with Crippen molar-refractivity contribution in [2.75, 3.05) is 19.6 Å². The first-order chi connectivity index (χ1) is 22.9. The molecule has 2 bridgehead atoms. The zero-order valence-electron chi connectivity index (χ0n) is 26.1. The monoisotopic (exact) mass is 633 g/mol. The number of carboxylic acid groups (broad SMARTS) is 1. The van der Waals surface area contributed by atoms with Crippen LogP contribution < -0.4 is 15.4 Å². The number of alkyl carbamates (subject to hydrolysis) is 1. The zero-order chi connectivity index (χ0) is 32.6.